The van der Waals surface area contributed by atoms with E-state index >= 15 is 0 Å². The van der Waals surface area contributed by atoms with Crippen molar-refractivity contribution in [2.75, 3.05) is 5.75 Å². The van der Waals surface area contributed by atoms with Crippen LogP contribution in [-0.4, -0.2) is 39.6 Å². The van der Waals surface area contributed by atoms with Gasteiger partial charge in [-0.25, -0.2) is 27.7 Å². The predicted octanol–water partition coefficient (Wildman–Crippen LogP) is 4.89. The zero-order valence-corrected chi connectivity index (χ0v) is 20.0. The molecule has 1 atom stereocenters. The van der Waals surface area contributed by atoms with Gasteiger partial charge in [0.1, 0.15) is 11.2 Å². The Balaban J connectivity index is 1.47. The van der Waals surface area contributed by atoms with Crippen LogP contribution in [0, 0.1) is 10.7 Å². The summed E-state index contributed by atoms with van der Waals surface area (Å²) in [7, 11) is -1.55. The van der Waals surface area contributed by atoms with Crippen LogP contribution in [0.25, 0.3) is 34.1 Å². The first-order valence-electron chi connectivity index (χ1n) is 11.5. The molecule has 2 aliphatic rings. The Labute approximate surface area is 200 Å². The van der Waals surface area contributed by atoms with Crippen molar-refractivity contribution in [2.24, 2.45) is 13.0 Å². The molecule has 0 radical (unpaired) electrons. The highest BCUT2D eigenvalue weighted by Gasteiger charge is 2.48. The Morgan fingerprint density at radius 3 is 2.63 bits per heavy atom. The van der Waals surface area contributed by atoms with E-state index in [9.17, 15) is 13.0 Å². The standard InChI is InChI=1S/C23H23F2N7O2S/c1-3-35(26,33)17-8-13(19-30-22(34-31-19)12-4-5-12)10-27-18(17)21-29-16-9-15(11-28-20(16)32(21)2)23(24,25)14-6-7-14/h8-12,14,26H,3-7H2,1-2H3. The van der Waals surface area contributed by atoms with E-state index in [1.54, 1.807) is 24.6 Å². The van der Waals surface area contributed by atoms with E-state index in [4.69, 9.17) is 9.30 Å². The van der Waals surface area contributed by atoms with Gasteiger partial charge in [-0.1, -0.05) is 12.1 Å². The Morgan fingerprint density at radius 1 is 1.17 bits per heavy atom. The Hall–Kier alpha value is -3.28. The van der Waals surface area contributed by atoms with Crippen LogP contribution in [0.1, 0.15) is 50.0 Å². The molecule has 2 saturated carbocycles. The summed E-state index contributed by atoms with van der Waals surface area (Å²) in [4.78, 5) is 17.9. The number of aromatic nitrogens is 6. The van der Waals surface area contributed by atoms with Gasteiger partial charge in [-0.3, -0.25) is 4.98 Å². The van der Waals surface area contributed by atoms with E-state index in [0.29, 0.717) is 41.6 Å². The quantitative estimate of drug-likeness (QED) is 0.384. The summed E-state index contributed by atoms with van der Waals surface area (Å²) in [5.41, 5.74) is 1.24. The van der Waals surface area contributed by atoms with Gasteiger partial charge in [0, 0.05) is 48.2 Å². The molecule has 2 aliphatic carbocycles. The summed E-state index contributed by atoms with van der Waals surface area (Å²) in [6.45, 7) is 1.66. The third-order valence-electron chi connectivity index (χ3n) is 6.64. The maximum absolute atomic E-state index is 14.7. The molecule has 6 rings (SSSR count). The third kappa shape index (κ3) is 3.70. The van der Waals surface area contributed by atoms with Gasteiger partial charge in [0.05, 0.1) is 14.6 Å². The van der Waals surface area contributed by atoms with Crippen molar-refractivity contribution in [2.45, 2.75) is 49.3 Å². The fraction of sp³-hybridized carbons (Fsp3) is 0.435. The maximum atomic E-state index is 14.7. The maximum Gasteiger partial charge on any atom is 0.277 e. The van der Waals surface area contributed by atoms with Crippen LogP contribution < -0.4 is 0 Å². The SMILES string of the molecule is CCS(=N)(=O)c1cc(-c2noc(C3CC3)n2)cnc1-c1nc2cc(C(F)(F)C3CC3)cnc2n1C. The molecule has 1 N–H and O–H groups in total. The second kappa shape index (κ2) is 7.61. The van der Waals surface area contributed by atoms with Gasteiger partial charge in [-0.2, -0.15) is 4.98 Å². The number of hydrogen-bond acceptors (Lipinski definition) is 8. The molecule has 2 fully saturated rings. The van der Waals surface area contributed by atoms with Gasteiger partial charge in [-0.15, -0.1) is 0 Å². The Morgan fingerprint density at radius 2 is 1.94 bits per heavy atom. The molecular formula is C23H23F2N7O2S. The lowest BCUT2D eigenvalue weighted by Crippen LogP contribution is -2.16. The van der Waals surface area contributed by atoms with Gasteiger partial charge >= 0.3 is 0 Å². The van der Waals surface area contributed by atoms with Crippen LogP contribution >= 0.6 is 0 Å². The van der Waals surface area contributed by atoms with Crippen molar-refractivity contribution in [1.29, 1.82) is 4.78 Å². The molecule has 1 unspecified atom stereocenters. The average Bonchev–Trinajstić information content (AvgIpc) is 3.79. The first kappa shape index (κ1) is 22.2. The smallest absolute Gasteiger partial charge is 0.277 e. The third-order valence-corrected chi connectivity index (χ3v) is 8.47. The Kier molecular flexibility index (Phi) is 4.83. The van der Waals surface area contributed by atoms with E-state index < -0.39 is 21.6 Å². The van der Waals surface area contributed by atoms with Crippen molar-refractivity contribution in [3.63, 3.8) is 0 Å². The number of nitrogens with one attached hydrogen (secondary N) is 1. The van der Waals surface area contributed by atoms with Crippen molar-refractivity contribution in [3.8, 4) is 22.9 Å². The van der Waals surface area contributed by atoms with Gasteiger partial charge in [0.15, 0.2) is 11.5 Å². The number of hydrogen-bond donors (Lipinski definition) is 1. The molecule has 0 aromatic carbocycles. The highest BCUT2D eigenvalue weighted by atomic mass is 32.2. The molecule has 182 valence electrons. The number of halogens is 2. The lowest BCUT2D eigenvalue weighted by Gasteiger charge is -2.15. The lowest BCUT2D eigenvalue weighted by atomic mass is 10.1. The second-order valence-corrected chi connectivity index (χ2v) is 11.6. The monoisotopic (exact) mass is 499 g/mol. The fourth-order valence-corrected chi connectivity index (χ4v) is 5.23. The molecule has 0 saturated heterocycles. The minimum Gasteiger partial charge on any atom is -0.339 e. The van der Waals surface area contributed by atoms with Gasteiger partial charge in [0.2, 0.25) is 11.7 Å². The van der Waals surface area contributed by atoms with Crippen molar-refractivity contribution in [3.05, 3.63) is 36.0 Å². The van der Waals surface area contributed by atoms with Crippen LogP contribution in [0.2, 0.25) is 0 Å². The van der Waals surface area contributed by atoms with Crippen LogP contribution in [0.5, 0.6) is 0 Å². The topological polar surface area (TPSA) is 123 Å². The highest BCUT2D eigenvalue weighted by Crippen LogP contribution is 2.49. The van der Waals surface area contributed by atoms with Gasteiger partial charge < -0.3 is 9.09 Å². The molecule has 0 aliphatic heterocycles. The largest absolute Gasteiger partial charge is 0.339 e. The number of imidazole rings is 1. The lowest BCUT2D eigenvalue weighted by molar-refractivity contribution is -0.0287. The van der Waals surface area contributed by atoms with Crippen LogP contribution in [0.15, 0.2) is 33.9 Å². The van der Waals surface area contributed by atoms with Crippen LogP contribution in [0.3, 0.4) is 0 Å². The summed E-state index contributed by atoms with van der Waals surface area (Å²) in [6, 6.07) is 2.94. The Bertz CT molecular complexity index is 1570. The number of alkyl halides is 2. The predicted molar refractivity (Wildman–Crippen MR) is 123 cm³/mol. The fourth-order valence-electron chi connectivity index (χ4n) is 4.14. The summed E-state index contributed by atoms with van der Waals surface area (Å²) < 4.78 is 58.0. The minimum absolute atomic E-state index is 0.0602. The first-order chi connectivity index (χ1) is 16.7. The van der Waals surface area contributed by atoms with E-state index in [2.05, 4.69) is 25.1 Å². The highest BCUT2D eigenvalue weighted by molar-refractivity contribution is 7.92. The normalized spacial score (nSPS) is 18.2. The molecule has 9 nitrogen and oxygen atoms in total. The first-order valence-corrected chi connectivity index (χ1v) is 13.2. The van der Waals surface area contributed by atoms with E-state index in [0.717, 1.165) is 12.8 Å². The molecular weight excluding hydrogens is 476 g/mol. The molecule has 12 heteroatoms. The van der Waals surface area contributed by atoms with Crippen LogP contribution in [0.4, 0.5) is 8.78 Å². The molecule has 4 heterocycles. The number of aryl methyl sites for hydroxylation is 1. The zero-order chi connectivity index (χ0) is 24.5. The molecule has 4 aromatic rings. The summed E-state index contributed by atoms with van der Waals surface area (Å²) >= 11 is 0. The van der Waals surface area contributed by atoms with Crippen molar-refractivity contribution < 1.29 is 17.5 Å². The molecule has 35 heavy (non-hydrogen) atoms. The second-order valence-electron chi connectivity index (χ2n) is 9.22. The van der Waals surface area contributed by atoms with Crippen LogP contribution in [-0.2, 0) is 22.7 Å². The summed E-state index contributed by atoms with van der Waals surface area (Å²) in [6.07, 6.45) is 5.72. The molecule has 0 amide bonds. The zero-order valence-electron chi connectivity index (χ0n) is 19.2. The number of fused-ring (bicyclic) bond motifs is 1. The molecule has 0 bridgehead atoms. The van der Waals surface area contributed by atoms with Gasteiger partial charge in [0.25, 0.3) is 5.92 Å². The van der Waals surface area contributed by atoms with E-state index in [1.165, 1.54) is 18.5 Å². The number of pyridine rings is 2. The average molecular weight is 500 g/mol. The number of rotatable bonds is 7. The van der Waals surface area contributed by atoms with Crippen molar-refractivity contribution >= 4 is 20.9 Å². The number of nitrogens with zero attached hydrogens (tertiary/aromatic N) is 6. The van der Waals surface area contributed by atoms with Crippen molar-refractivity contribution in [1.82, 2.24) is 29.7 Å². The van der Waals surface area contributed by atoms with E-state index in [1.807, 2.05) is 0 Å². The minimum atomic E-state index is -3.24. The summed E-state index contributed by atoms with van der Waals surface area (Å²) in [5, 5.41) is 4.02. The summed E-state index contributed by atoms with van der Waals surface area (Å²) in [5.74, 6) is -2.10. The van der Waals surface area contributed by atoms with E-state index in [-0.39, 0.29) is 33.3 Å². The molecule has 4 aromatic heterocycles. The molecule has 0 spiro atoms. The van der Waals surface area contributed by atoms with Gasteiger partial charge in [-0.05, 0) is 37.8 Å².